The van der Waals surface area contributed by atoms with Gasteiger partial charge in [-0.15, -0.1) is 0 Å². The molecule has 11 heteroatoms. The van der Waals surface area contributed by atoms with E-state index in [0.717, 1.165) is 48.2 Å². The quantitative estimate of drug-likeness (QED) is 0.257. The summed E-state index contributed by atoms with van der Waals surface area (Å²) in [5.41, 5.74) is 1.68. The molecule has 7 nitrogen and oxygen atoms in total. The molecule has 3 aromatic carbocycles. The molecule has 0 radical (unpaired) electrons. The average Bonchev–Trinajstić information content (AvgIpc) is 2.96. The Hall–Kier alpha value is -2.78. The van der Waals surface area contributed by atoms with Crippen LogP contribution in [0.5, 0.6) is 0 Å². The zero-order valence-electron chi connectivity index (χ0n) is 23.3. The first-order chi connectivity index (χ1) is 20.0. The van der Waals surface area contributed by atoms with Crippen molar-refractivity contribution in [1.29, 1.82) is 0 Å². The second-order valence-electron chi connectivity index (χ2n) is 10.5. The molecule has 3 aromatic rings. The fraction of sp³-hybridized carbons (Fsp3) is 0.355. The molecule has 1 fully saturated rings. The molecular formula is C31H34Cl3N3O4S. The van der Waals surface area contributed by atoms with Crippen LogP contribution < -0.4 is 9.62 Å². The summed E-state index contributed by atoms with van der Waals surface area (Å²) in [5, 5.41) is 4.01. The normalized spacial score (nSPS) is 14.7. The monoisotopic (exact) mass is 649 g/mol. The van der Waals surface area contributed by atoms with E-state index in [1.165, 1.54) is 23.1 Å². The van der Waals surface area contributed by atoms with Gasteiger partial charge in [-0.05, 0) is 48.2 Å². The van der Waals surface area contributed by atoms with Gasteiger partial charge in [0.25, 0.3) is 0 Å². The maximum absolute atomic E-state index is 14.2. The lowest BCUT2D eigenvalue weighted by Gasteiger charge is -2.35. The first-order valence-electron chi connectivity index (χ1n) is 13.8. The van der Waals surface area contributed by atoms with Crippen LogP contribution in [0.15, 0.2) is 72.8 Å². The van der Waals surface area contributed by atoms with E-state index < -0.39 is 28.5 Å². The molecule has 0 bridgehead atoms. The van der Waals surface area contributed by atoms with E-state index in [1.807, 2.05) is 30.3 Å². The molecule has 4 rings (SSSR count). The lowest BCUT2D eigenvalue weighted by atomic mass is 9.94. The Balaban J connectivity index is 1.74. The molecule has 0 spiro atoms. The van der Waals surface area contributed by atoms with Gasteiger partial charge in [-0.25, -0.2) is 8.42 Å². The summed E-state index contributed by atoms with van der Waals surface area (Å²) in [7, 11) is -3.93. The number of carbonyl (C=O) groups is 2. The van der Waals surface area contributed by atoms with Gasteiger partial charge in [0.2, 0.25) is 21.8 Å². The molecule has 1 N–H and O–H groups in total. The van der Waals surface area contributed by atoms with Crippen molar-refractivity contribution >= 4 is 62.3 Å². The molecule has 1 aliphatic rings. The number of sulfonamides is 1. The van der Waals surface area contributed by atoms with Gasteiger partial charge in [0.15, 0.2) is 0 Å². The van der Waals surface area contributed by atoms with E-state index in [2.05, 4.69) is 5.32 Å². The van der Waals surface area contributed by atoms with Crippen LogP contribution in [-0.4, -0.2) is 50.0 Å². The number of hydrogen-bond acceptors (Lipinski definition) is 4. The third-order valence-corrected chi connectivity index (χ3v) is 9.64. The van der Waals surface area contributed by atoms with Gasteiger partial charge in [0, 0.05) is 24.0 Å². The van der Waals surface area contributed by atoms with Crippen LogP contribution in [0.3, 0.4) is 0 Å². The van der Waals surface area contributed by atoms with Crippen LogP contribution in [-0.2, 0) is 32.6 Å². The summed E-state index contributed by atoms with van der Waals surface area (Å²) in [6, 6.07) is 20.0. The molecule has 1 aliphatic carbocycles. The first kappa shape index (κ1) is 32.1. The molecule has 0 heterocycles. The summed E-state index contributed by atoms with van der Waals surface area (Å²) in [6.07, 6.45) is 6.20. The van der Waals surface area contributed by atoms with Crippen LogP contribution >= 0.6 is 34.8 Å². The van der Waals surface area contributed by atoms with E-state index in [4.69, 9.17) is 34.8 Å². The van der Waals surface area contributed by atoms with E-state index in [0.29, 0.717) is 10.6 Å². The van der Waals surface area contributed by atoms with Crippen molar-refractivity contribution in [2.75, 3.05) is 17.1 Å². The minimum absolute atomic E-state index is 0.00701. The van der Waals surface area contributed by atoms with Gasteiger partial charge in [0.1, 0.15) is 12.6 Å². The molecule has 0 saturated heterocycles. The summed E-state index contributed by atoms with van der Waals surface area (Å²) < 4.78 is 26.8. The predicted molar refractivity (Wildman–Crippen MR) is 170 cm³/mol. The number of carbonyl (C=O) groups excluding carboxylic acids is 2. The van der Waals surface area contributed by atoms with E-state index in [9.17, 15) is 18.0 Å². The minimum Gasteiger partial charge on any atom is -0.352 e. The Bertz CT molecular complexity index is 1500. The lowest BCUT2D eigenvalue weighted by Crippen LogP contribution is -2.55. The number of rotatable bonds is 11. The van der Waals surface area contributed by atoms with Crippen molar-refractivity contribution in [3.05, 3.63) is 99.0 Å². The van der Waals surface area contributed by atoms with Crippen LogP contribution in [0.4, 0.5) is 5.69 Å². The predicted octanol–water partition coefficient (Wildman–Crippen LogP) is 6.50. The van der Waals surface area contributed by atoms with Crippen molar-refractivity contribution in [2.45, 2.75) is 57.2 Å². The molecule has 0 aliphatic heterocycles. The number of nitrogens with one attached hydrogen (secondary N) is 1. The van der Waals surface area contributed by atoms with Crippen LogP contribution in [0, 0.1) is 0 Å². The third kappa shape index (κ3) is 8.63. The molecule has 1 saturated carbocycles. The second-order valence-corrected chi connectivity index (χ2v) is 13.7. The van der Waals surface area contributed by atoms with Gasteiger partial charge in [-0.3, -0.25) is 13.9 Å². The smallest absolute Gasteiger partial charge is 0.244 e. The van der Waals surface area contributed by atoms with E-state index in [-0.39, 0.29) is 40.6 Å². The molecule has 224 valence electrons. The van der Waals surface area contributed by atoms with Gasteiger partial charge in [0.05, 0.1) is 22.0 Å². The summed E-state index contributed by atoms with van der Waals surface area (Å²) in [6.45, 7) is -0.545. The highest BCUT2D eigenvalue weighted by molar-refractivity contribution is 7.92. The van der Waals surface area contributed by atoms with Gasteiger partial charge < -0.3 is 10.2 Å². The Kier molecular flexibility index (Phi) is 11.2. The largest absolute Gasteiger partial charge is 0.352 e. The van der Waals surface area contributed by atoms with Crippen molar-refractivity contribution in [1.82, 2.24) is 10.2 Å². The fourth-order valence-electron chi connectivity index (χ4n) is 5.16. The number of amides is 2. The highest BCUT2D eigenvalue weighted by Crippen LogP contribution is 2.29. The number of nitrogens with zero attached hydrogens (tertiary/aromatic N) is 2. The highest BCUT2D eigenvalue weighted by atomic mass is 35.5. The lowest BCUT2D eigenvalue weighted by molar-refractivity contribution is -0.140. The van der Waals surface area contributed by atoms with Crippen molar-refractivity contribution < 1.29 is 18.0 Å². The van der Waals surface area contributed by atoms with Crippen molar-refractivity contribution in [3.63, 3.8) is 0 Å². The zero-order chi connectivity index (χ0) is 30.3. The molecule has 42 heavy (non-hydrogen) atoms. The Labute approximate surface area is 262 Å². The van der Waals surface area contributed by atoms with Gasteiger partial charge in [-0.1, -0.05) is 103 Å². The topological polar surface area (TPSA) is 86.8 Å². The minimum atomic E-state index is -3.93. The van der Waals surface area contributed by atoms with Gasteiger partial charge >= 0.3 is 0 Å². The first-order valence-corrected chi connectivity index (χ1v) is 16.8. The Morgan fingerprint density at radius 1 is 0.881 bits per heavy atom. The van der Waals surface area contributed by atoms with E-state index >= 15 is 0 Å². The number of anilines is 1. The summed E-state index contributed by atoms with van der Waals surface area (Å²) >= 11 is 18.8. The molecule has 1 atom stereocenters. The van der Waals surface area contributed by atoms with Crippen molar-refractivity contribution in [3.8, 4) is 0 Å². The number of benzene rings is 3. The summed E-state index contributed by atoms with van der Waals surface area (Å²) in [5.74, 6) is -0.849. The number of hydrogen-bond donors (Lipinski definition) is 1. The molecule has 0 unspecified atom stereocenters. The maximum atomic E-state index is 14.2. The van der Waals surface area contributed by atoms with Crippen molar-refractivity contribution in [2.24, 2.45) is 0 Å². The number of halogens is 3. The third-order valence-electron chi connectivity index (χ3n) is 7.39. The summed E-state index contributed by atoms with van der Waals surface area (Å²) in [4.78, 5) is 29.6. The SMILES string of the molecule is CS(=O)(=O)N(CC(=O)N(Cc1ccccc1Cl)[C@@H](Cc1ccccc1)C(=O)NC1CCCCC1)c1ccc(Cl)c(Cl)c1. The molecule has 0 aromatic heterocycles. The molecular weight excluding hydrogens is 617 g/mol. The van der Waals surface area contributed by atoms with Gasteiger partial charge in [-0.2, -0.15) is 0 Å². The van der Waals surface area contributed by atoms with Crippen LogP contribution in [0.2, 0.25) is 15.1 Å². The Morgan fingerprint density at radius 3 is 2.19 bits per heavy atom. The maximum Gasteiger partial charge on any atom is 0.244 e. The Morgan fingerprint density at radius 2 is 1.55 bits per heavy atom. The highest BCUT2D eigenvalue weighted by Gasteiger charge is 2.34. The molecule has 2 amide bonds. The van der Waals surface area contributed by atoms with Crippen LogP contribution in [0.1, 0.15) is 43.2 Å². The van der Waals surface area contributed by atoms with Crippen LogP contribution in [0.25, 0.3) is 0 Å². The zero-order valence-corrected chi connectivity index (χ0v) is 26.4. The average molecular weight is 651 g/mol. The van der Waals surface area contributed by atoms with E-state index in [1.54, 1.807) is 24.3 Å². The standard InChI is InChI=1S/C31H34Cl3N3O4S/c1-42(40,41)37(25-16-17-27(33)28(34)19-25)21-30(38)36(20-23-12-8-9-15-26(23)32)29(18-22-10-4-2-5-11-22)31(39)35-24-13-6-3-7-14-24/h2,4-5,8-12,15-17,19,24,29H,3,6-7,13-14,18,20-21H2,1H3,(H,35,39)/t29-/m0/s1. The second kappa shape index (κ2) is 14.6. The fourth-order valence-corrected chi connectivity index (χ4v) is 6.49.